The van der Waals surface area contributed by atoms with Gasteiger partial charge in [-0.15, -0.1) is 11.3 Å². The molecule has 0 unspecified atom stereocenters. The molecule has 0 fully saturated rings. The maximum atomic E-state index is 13.0. The number of hydrogen-bond acceptors (Lipinski definition) is 4. The molecular weight excluding hydrogens is 348 g/mol. The zero-order valence-corrected chi connectivity index (χ0v) is 15.8. The van der Waals surface area contributed by atoms with Crippen molar-refractivity contribution >= 4 is 17.2 Å². The summed E-state index contributed by atoms with van der Waals surface area (Å²) in [5, 5.41) is 2.93. The predicted molar refractivity (Wildman–Crippen MR) is 101 cm³/mol. The van der Waals surface area contributed by atoms with E-state index in [4.69, 9.17) is 9.47 Å². The van der Waals surface area contributed by atoms with Crippen molar-refractivity contribution in [3.63, 3.8) is 0 Å². The lowest BCUT2D eigenvalue weighted by Crippen LogP contribution is -2.26. The number of benzene rings is 1. The summed E-state index contributed by atoms with van der Waals surface area (Å²) in [5.74, 6) is 1.49. The number of carbonyl (C=O) groups excluding carboxylic acids is 1. The van der Waals surface area contributed by atoms with Crippen LogP contribution in [0, 0.1) is 13.8 Å². The molecule has 3 aromatic rings. The van der Waals surface area contributed by atoms with Gasteiger partial charge in [0.2, 0.25) is 6.79 Å². The Hall–Kier alpha value is -2.73. The van der Waals surface area contributed by atoms with Gasteiger partial charge in [-0.2, -0.15) is 0 Å². The van der Waals surface area contributed by atoms with Crippen LogP contribution in [-0.4, -0.2) is 29.2 Å². The van der Waals surface area contributed by atoms with Gasteiger partial charge in [0.15, 0.2) is 11.5 Å². The molecule has 0 spiro atoms. The maximum Gasteiger partial charge on any atom is 0.256 e. The molecule has 0 N–H and O–H groups in total. The van der Waals surface area contributed by atoms with Crippen molar-refractivity contribution in [3.8, 4) is 16.5 Å². The van der Waals surface area contributed by atoms with Crippen LogP contribution >= 0.6 is 11.3 Å². The number of aromatic nitrogens is 1. The van der Waals surface area contributed by atoms with Crippen molar-refractivity contribution in [1.82, 2.24) is 9.47 Å². The molecule has 0 radical (unpaired) electrons. The number of ether oxygens (including phenoxy) is 2. The molecular formula is C20H20N2O3S. The minimum Gasteiger partial charge on any atom is -0.454 e. The van der Waals surface area contributed by atoms with Crippen molar-refractivity contribution < 1.29 is 14.3 Å². The van der Waals surface area contributed by atoms with Crippen molar-refractivity contribution in [2.45, 2.75) is 20.4 Å². The summed E-state index contributed by atoms with van der Waals surface area (Å²) in [6, 6.07) is 11.8. The number of fused-ring (bicyclic) bond motifs is 1. The summed E-state index contributed by atoms with van der Waals surface area (Å²) in [5.41, 5.74) is 3.98. The van der Waals surface area contributed by atoms with Crippen molar-refractivity contribution in [2.24, 2.45) is 0 Å². The Kier molecular flexibility index (Phi) is 4.20. The molecule has 0 saturated heterocycles. The fraction of sp³-hybridized carbons (Fsp3) is 0.250. The summed E-state index contributed by atoms with van der Waals surface area (Å²) < 4.78 is 12.9. The highest BCUT2D eigenvalue weighted by Gasteiger charge is 2.21. The summed E-state index contributed by atoms with van der Waals surface area (Å²) >= 11 is 1.58. The molecule has 5 nitrogen and oxygen atoms in total. The Morgan fingerprint density at radius 2 is 1.85 bits per heavy atom. The van der Waals surface area contributed by atoms with Crippen molar-refractivity contribution in [1.29, 1.82) is 0 Å². The van der Waals surface area contributed by atoms with Gasteiger partial charge in [-0.25, -0.2) is 0 Å². The molecule has 4 rings (SSSR count). The molecule has 0 saturated carbocycles. The third-order valence-electron chi connectivity index (χ3n) is 4.55. The van der Waals surface area contributed by atoms with Gasteiger partial charge >= 0.3 is 0 Å². The first-order chi connectivity index (χ1) is 12.5. The first kappa shape index (κ1) is 16.7. The highest BCUT2D eigenvalue weighted by Crippen LogP contribution is 2.33. The lowest BCUT2D eigenvalue weighted by atomic mass is 10.1. The van der Waals surface area contributed by atoms with E-state index in [2.05, 4.69) is 30.5 Å². The molecule has 1 aliphatic rings. The molecule has 134 valence electrons. The second-order valence-corrected chi connectivity index (χ2v) is 7.33. The third kappa shape index (κ3) is 2.86. The molecule has 2 aromatic heterocycles. The van der Waals surface area contributed by atoms with Crippen LogP contribution in [0.1, 0.15) is 27.3 Å². The number of rotatable bonds is 4. The van der Waals surface area contributed by atoms with Crippen LogP contribution in [0.4, 0.5) is 0 Å². The van der Waals surface area contributed by atoms with E-state index < -0.39 is 0 Å². The SMILES string of the molecule is Cc1ccc(C)n1-c1sccc1C(=O)N(C)Cc1ccc2c(c1)OCO2. The van der Waals surface area contributed by atoms with Gasteiger partial charge in [0.05, 0.1) is 5.56 Å². The molecule has 26 heavy (non-hydrogen) atoms. The van der Waals surface area contributed by atoms with Gasteiger partial charge in [0.1, 0.15) is 5.00 Å². The van der Waals surface area contributed by atoms with E-state index >= 15 is 0 Å². The third-order valence-corrected chi connectivity index (χ3v) is 5.45. The van der Waals surface area contributed by atoms with Crippen LogP contribution in [0.25, 0.3) is 5.00 Å². The standard InChI is InChI=1S/C20H20N2O3S/c1-13-4-5-14(2)22(13)20-16(8-9-26-20)19(23)21(3)11-15-6-7-17-18(10-15)25-12-24-17/h4-10H,11-12H2,1-3H3. The Morgan fingerprint density at radius 1 is 1.12 bits per heavy atom. The Morgan fingerprint density at radius 3 is 2.62 bits per heavy atom. The second-order valence-electron chi connectivity index (χ2n) is 6.44. The maximum absolute atomic E-state index is 13.0. The molecule has 0 bridgehead atoms. The van der Waals surface area contributed by atoms with E-state index in [1.165, 1.54) is 0 Å². The first-order valence-electron chi connectivity index (χ1n) is 8.41. The van der Waals surface area contributed by atoms with Crippen LogP contribution in [-0.2, 0) is 6.54 Å². The van der Waals surface area contributed by atoms with Crippen molar-refractivity contribution in [3.05, 3.63) is 64.3 Å². The van der Waals surface area contributed by atoms with E-state index in [1.54, 1.807) is 16.2 Å². The van der Waals surface area contributed by atoms with Crippen LogP contribution in [0.15, 0.2) is 41.8 Å². The highest BCUT2D eigenvalue weighted by atomic mass is 32.1. The minimum atomic E-state index is 0.00594. The summed E-state index contributed by atoms with van der Waals surface area (Å²) in [4.78, 5) is 14.8. The number of thiophene rings is 1. The normalized spacial score (nSPS) is 12.4. The van der Waals surface area contributed by atoms with Crippen LogP contribution in [0.5, 0.6) is 11.5 Å². The fourth-order valence-corrected chi connectivity index (χ4v) is 4.23. The summed E-state index contributed by atoms with van der Waals surface area (Å²) in [6.07, 6.45) is 0. The van der Waals surface area contributed by atoms with Crippen molar-refractivity contribution in [2.75, 3.05) is 13.8 Å². The summed E-state index contributed by atoms with van der Waals surface area (Å²) in [7, 11) is 1.82. The first-order valence-corrected chi connectivity index (χ1v) is 9.29. The molecule has 6 heteroatoms. The van der Waals surface area contributed by atoms with Gasteiger partial charge in [0, 0.05) is 25.0 Å². The fourth-order valence-electron chi connectivity index (χ4n) is 3.22. The molecule has 0 atom stereocenters. The number of aryl methyl sites for hydroxylation is 2. The van der Waals surface area contributed by atoms with Gasteiger partial charge in [-0.3, -0.25) is 4.79 Å². The molecule has 0 aliphatic carbocycles. The van der Waals surface area contributed by atoms with E-state index in [0.717, 1.165) is 39.0 Å². The Labute approximate surface area is 156 Å². The van der Waals surface area contributed by atoms with E-state index in [0.29, 0.717) is 6.54 Å². The van der Waals surface area contributed by atoms with Gasteiger partial charge in [-0.1, -0.05) is 6.07 Å². The largest absolute Gasteiger partial charge is 0.454 e. The van der Waals surface area contributed by atoms with Crippen LogP contribution in [0.3, 0.4) is 0 Å². The minimum absolute atomic E-state index is 0.00594. The highest BCUT2D eigenvalue weighted by molar-refractivity contribution is 7.13. The van der Waals surface area contributed by atoms with Gasteiger partial charge in [0.25, 0.3) is 5.91 Å². The predicted octanol–water partition coefficient (Wildman–Crippen LogP) is 4.16. The molecule has 3 heterocycles. The average Bonchev–Trinajstić information content (AvgIpc) is 3.34. The second kappa shape index (κ2) is 6.53. The lowest BCUT2D eigenvalue weighted by Gasteiger charge is -2.19. The van der Waals surface area contributed by atoms with E-state index in [1.807, 2.05) is 36.7 Å². The van der Waals surface area contributed by atoms with Gasteiger partial charge in [-0.05, 0) is 55.1 Å². The average molecular weight is 368 g/mol. The Bertz CT molecular complexity index is 954. The molecule has 1 aromatic carbocycles. The van der Waals surface area contributed by atoms with E-state index in [9.17, 15) is 4.79 Å². The van der Waals surface area contributed by atoms with Crippen LogP contribution in [0.2, 0.25) is 0 Å². The zero-order chi connectivity index (χ0) is 18.3. The molecule has 1 aliphatic heterocycles. The molecule has 1 amide bonds. The summed E-state index contributed by atoms with van der Waals surface area (Å²) in [6.45, 7) is 4.87. The quantitative estimate of drug-likeness (QED) is 0.695. The number of nitrogens with zero attached hydrogens (tertiary/aromatic N) is 2. The van der Waals surface area contributed by atoms with Gasteiger partial charge < -0.3 is 18.9 Å². The Balaban J connectivity index is 1.58. The number of amides is 1. The lowest BCUT2D eigenvalue weighted by molar-refractivity contribution is 0.0785. The smallest absolute Gasteiger partial charge is 0.256 e. The van der Waals surface area contributed by atoms with E-state index in [-0.39, 0.29) is 12.7 Å². The number of hydrogen-bond donors (Lipinski definition) is 0. The van der Waals surface area contributed by atoms with Crippen LogP contribution < -0.4 is 9.47 Å². The number of carbonyl (C=O) groups is 1. The zero-order valence-electron chi connectivity index (χ0n) is 15.0. The topological polar surface area (TPSA) is 43.7 Å². The monoisotopic (exact) mass is 368 g/mol.